The average molecular weight is 316 g/mol. The van der Waals surface area contributed by atoms with Crippen LogP contribution in [0.25, 0.3) is 11.1 Å². The number of likely N-dealkylation sites (tertiary alicyclic amines) is 1. The molecule has 2 unspecified atom stereocenters. The van der Waals surface area contributed by atoms with Crippen LogP contribution in [-0.2, 0) is 0 Å². The van der Waals surface area contributed by atoms with Gasteiger partial charge >= 0.3 is 0 Å². The van der Waals surface area contributed by atoms with Crippen LogP contribution in [0.2, 0.25) is 0 Å². The maximum Gasteiger partial charge on any atom is 0.0991 e. The molecule has 2 aromatic carbocycles. The number of benzene rings is 2. The summed E-state index contributed by atoms with van der Waals surface area (Å²) in [4.78, 5) is 2.63. The largest absolute Gasteiger partial charge is 0.303 e. The number of rotatable bonds is 5. The molecule has 0 N–H and O–H groups in total. The Balaban J connectivity index is 1.35. The Kier molecular flexibility index (Phi) is 4.36. The van der Waals surface area contributed by atoms with E-state index in [1.165, 1.54) is 62.0 Å². The highest BCUT2D eigenvalue weighted by atomic mass is 15.1. The molecule has 122 valence electrons. The molecule has 2 heteroatoms. The van der Waals surface area contributed by atoms with E-state index in [9.17, 15) is 0 Å². The molecule has 1 aliphatic carbocycles. The van der Waals surface area contributed by atoms with Crippen LogP contribution in [0.15, 0.2) is 48.5 Å². The lowest BCUT2D eigenvalue weighted by Crippen LogP contribution is -2.20. The van der Waals surface area contributed by atoms with Gasteiger partial charge in [-0.2, -0.15) is 5.26 Å². The summed E-state index contributed by atoms with van der Waals surface area (Å²) in [6.45, 7) is 3.93. The minimum Gasteiger partial charge on any atom is -0.303 e. The summed E-state index contributed by atoms with van der Waals surface area (Å²) in [7, 11) is 0. The lowest BCUT2D eigenvalue weighted by atomic mass is 10.0. The minimum absolute atomic E-state index is 0.717. The highest BCUT2D eigenvalue weighted by Crippen LogP contribution is 2.49. The van der Waals surface area contributed by atoms with Crippen molar-refractivity contribution < 1.29 is 0 Å². The Hall–Kier alpha value is -2.11. The van der Waals surface area contributed by atoms with Gasteiger partial charge in [-0.25, -0.2) is 0 Å². The first kappa shape index (κ1) is 15.4. The number of hydrogen-bond acceptors (Lipinski definition) is 2. The molecule has 1 saturated heterocycles. The van der Waals surface area contributed by atoms with E-state index in [1.54, 1.807) is 0 Å². The summed E-state index contributed by atoms with van der Waals surface area (Å²) in [6.07, 6.45) is 5.52. The van der Waals surface area contributed by atoms with E-state index < -0.39 is 0 Å². The van der Waals surface area contributed by atoms with Gasteiger partial charge in [0.1, 0.15) is 0 Å². The maximum atomic E-state index is 8.89. The number of nitrogens with zero attached hydrogens (tertiary/aromatic N) is 2. The third-order valence-corrected chi connectivity index (χ3v) is 5.62. The molecule has 2 aliphatic rings. The predicted octanol–water partition coefficient (Wildman–Crippen LogP) is 4.81. The molecule has 0 bridgehead atoms. The van der Waals surface area contributed by atoms with Gasteiger partial charge in [0.25, 0.3) is 0 Å². The van der Waals surface area contributed by atoms with Crippen molar-refractivity contribution in [3.05, 3.63) is 59.7 Å². The van der Waals surface area contributed by atoms with E-state index in [2.05, 4.69) is 35.2 Å². The molecule has 2 nitrogen and oxygen atoms in total. The molecule has 2 fully saturated rings. The maximum absolute atomic E-state index is 8.89. The van der Waals surface area contributed by atoms with Crippen LogP contribution in [-0.4, -0.2) is 24.5 Å². The van der Waals surface area contributed by atoms with E-state index in [1.807, 2.05) is 24.3 Å². The van der Waals surface area contributed by atoms with Crippen molar-refractivity contribution in [3.63, 3.8) is 0 Å². The molecule has 0 amide bonds. The van der Waals surface area contributed by atoms with E-state index in [0.29, 0.717) is 5.56 Å². The summed E-state index contributed by atoms with van der Waals surface area (Å²) in [6, 6.07) is 19.1. The molecule has 1 saturated carbocycles. The lowest BCUT2D eigenvalue weighted by Gasteiger charge is -2.13. The fourth-order valence-corrected chi connectivity index (χ4v) is 3.99. The zero-order valence-electron chi connectivity index (χ0n) is 14.1. The first-order valence-electron chi connectivity index (χ1n) is 9.16. The second-order valence-electron chi connectivity index (χ2n) is 7.25. The molecule has 24 heavy (non-hydrogen) atoms. The molecular formula is C22H24N2. The van der Waals surface area contributed by atoms with Crippen molar-refractivity contribution in [2.45, 2.75) is 31.6 Å². The molecule has 2 atom stereocenters. The fraction of sp³-hybridized carbons (Fsp3) is 0.409. The van der Waals surface area contributed by atoms with Crippen LogP contribution in [0, 0.1) is 17.2 Å². The smallest absolute Gasteiger partial charge is 0.0991 e. The molecule has 1 aliphatic heterocycles. The van der Waals surface area contributed by atoms with Gasteiger partial charge in [0, 0.05) is 0 Å². The fourth-order valence-electron chi connectivity index (χ4n) is 3.99. The van der Waals surface area contributed by atoms with E-state index in [-0.39, 0.29) is 0 Å². The summed E-state index contributed by atoms with van der Waals surface area (Å²) < 4.78 is 0. The molecule has 0 radical (unpaired) electrons. The quantitative estimate of drug-likeness (QED) is 0.791. The van der Waals surface area contributed by atoms with Crippen LogP contribution >= 0.6 is 0 Å². The Bertz CT molecular complexity index is 718. The summed E-state index contributed by atoms with van der Waals surface area (Å²) in [5.41, 5.74) is 4.63. The SMILES string of the molecule is N#Cc1ccc(-c2ccc(C3CC3CCN3CCCC3)cc2)cc1. The lowest BCUT2D eigenvalue weighted by molar-refractivity contribution is 0.325. The zero-order chi connectivity index (χ0) is 16.4. The van der Waals surface area contributed by atoms with Crippen LogP contribution in [0.3, 0.4) is 0 Å². The van der Waals surface area contributed by atoms with Gasteiger partial charge in [-0.15, -0.1) is 0 Å². The van der Waals surface area contributed by atoms with Crippen molar-refractivity contribution in [1.82, 2.24) is 4.90 Å². The molecule has 2 aromatic rings. The standard InChI is InChI=1S/C22H24N2/c23-16-17-3-5-18(6-4-17)19-7-9-20(10-8-19)22-15-21(22)11-14-24-12-1-2-13-24/h3-10,21-22H,1-2,11-15H2. The van der Waals surface area contributed by atoms with Crippen LogP contribution in [0.1, 0.15) is 42.7 Å². The number of hydrogen-bond donors (Lipinski definition) is 0. The van der Waals surface area contributed by atoms with Gasteiger partial charge in [-0.05, 0) is 86.0 Å². The average Bonchev–Trinajstić information content (AvgIpc) is 3.23. The summed E-state index contributed by atoms with van der Waals surface area (Å²) in [5, 5.41) is 8.89. The van der Waals surface area contributed by atoms with E-state index >= 15 is 0 Å². The third-order valence-electron chi connectivity index (χ3n) is 5.62. The Morgan fingerprint density at radius 2 is 1.54 bits per heavy atom. The topological polar surface area (TPSA) is 27.0 Å². The molecule has 0 aromatic heterocycles. The first-order chi connectivity index (χ1) is 11.8. The zero-order valence-corrected chi connectivity index (χ0v) is 14.1. The summed E-state index contributed by atoms with van der Waals surface area (Å²) >= 11 is 0. The Labute approximate surface area is 144 Å². The highest BCUT2D eigenvalue weighted by molar-refractivity contribution is 5.64. The number of nitriles is 1. The Morgan fingerprint density at radius 1 is 0.917 bits per heavy atom. The predicted molar refractivity (Wildman–Crippen MR) is 97.7 cm³/mol. The first-order valence-corrected chi connectivity index (χ1v) is 9.16. The van der Waals surface area contributed by atoms with Crippen molar-refractivity contribution >= 4 is 0 Å². The van der Waals surface area contributed by atoms with Gasteiger partial charge in [0.15, 0.2) is 0 Å². The van der Waals surface area contributed by atoms with Crippen LogP contribution < -0.4 is 0 Å². The monoisotopic (exact) mass is 316 g/mol. The molecule has 0 spiro atoms. The molecule has 1 heterocycles. The Morgan fingerprint density at radius 3 is 2.17 bits per heavy atom. The van der Waals surface area contributed by atoms with Gasteiger partial charge in [-0.3, -0.25) is 0 Å². The second kappa shape index (κ2) is 6.79. The third kappa shape index (κ3) is 3.37. The van der Waals surface area contributed by atoms with Gasteiger partial charge < -0.3 is 4.90 Å². The van der Waals surface area contributed by atoms with E-state index in [0.717, 1.165) is 11.8 Å². The normalized spacial score (nSPS) is 23.1. The van der Waals surface area contributed by atoms with Crippen LogP contribution in [0.4, 0.5) is 0 Å². The van der Waals surface area contributed by atoms with Crippen molar-refractivity contribution in [1.29, 1.82) is 5.26 Å². The van der Waals surface area contributed by atoms with Gasteiger partial charge in [0.05, 0.1) is 11.6 Å². The van der Waals surface area contributed by atoms with Crippen molar-refractivity contribution in [3.8, 4) is 17.2 Å². The van der Waals surface area contributed by atoms with Gasteiger partial charge in [0.2, 0.25) is 0 Å². The van der Waals surface area contributed by atoms with Crippen LogP contribution in [0.5, 0.6) is 0 Å². The second-order valence-corrected chi connectivity index (χ2v) is 7.25. The summed E-state index contributed by atoms with van der Waals surface area (Å²) in [5.74, 6) is 1.67. The minimum atomic E-state index is 0.717. The van der Waals surface area contributed by atoms with E-state index in [4.69, 9.17) is 5.26 Å². The molecular weight excluding hydrogens is 292 g/mol. The van der Waals surface area contributed by atoms with Gasteiger partial charge in [-0.1, -0.05) is 36.4 Å². The molecule has 4 rings (SSSR count). The highest BCUT2D eigenvalue weighted by Gasteiger charge is 2.37. The van der Waals surface area contributed by atoms with Crippen molar-refractivity contribution in [2.75, 3.05) is 19.6 Å². The van der Waals surface area contributed by atoms with Crippen molar-refractivity contribution in [2.24, 2.45) is 5.92 Å².